The van der Waals surface area contributed by atoms with Crippen molar-refractivity contribution in [1.29, 1.82) is 0 Å². The molecule has 57 heavy (non-hydrogen) atoms. The second-order valence-electron chi connectivity index (χ2n) is 15.9. The predicted octanol–water partition coefficient (Wildman–Crippen LogP) is 17.7. The van der Waals surface area contributed by atoms with E-state index < -0.39 is 7.82 Å². The summed E-state index contributed by atoms with van der Waals surface area (Å²) in [6.45, 7) is 24.9. The van der Waals surface area contributed by atoms with Crippen molar-refractivity contribution in [2.24, 2.45) is 0 Å². The molecule has 0 saturated heterocycles. The quantitative estimate of drug-likeness (QED) is 0.0327. The van der Waals surface area contributed by atoms with Gasteiger partial charge >= 0.3 is 7.82 Å². The van der Waals surface area contributed by atoms with E-state index in [1.54, 1.807) is 0 Å². The lowest BCUT2D eigenvalue weighted by atomic mass is 10.1. The summed E-state index contributed by atoms with van der Waals surface area (Å²) >= 11 is 0. The fraction of sp³-hybridized carbons (Fsp3) is 1.00. The second kappa shape index (κ2) is 80.1. The zero-order valence-electron chi connectivity index (χ0n) is 42.1. The van der Waals surface area contributed by atoms with Gasteiger partial charge in [-0.2, -0.15) is 0 Å². The first-order valence-electron chi connectivity index (χ1n) is 25.6. The molecule has 0 rings (SSSR count). The van der Waals surface area contributed by atoms with E-state index >= 15 is 0 Å². The Morgan fingerprint density at radius 3 is 0.474 bits per heavy atom. The predicted molar refractivity (Wildman–Crippen MR) is 265 cm³/mol. The molecule has 6 nitrogen and oxygen atoms in total. The van der Waals surface area contributed by atoms with Crippen LogP contribution in [-0.4, -0.2) is 41.9 Å². The van der Waals surface area contributed by atoms with E-state index in [2.05, 4.69) is 79.9 Å². The third kappa shape index (κ3) is 141. The number of nitrogens with one attached hydrogen (secondary N) is 2. The Hall–Kier alpha value is 0.0300. The first-order valence-corrected chi connectivity index (χ1v) is 27.1. The van der Waals surface area contributed by atoms with Gasteiger partial charge in [-0.1, -0.05) is 288 Å². The van der Waals surface area contributed by atoms with E-state index in [9.17, 15) is 0 Å². The van der Waals surface area contributed by atoms with Gasteiger partial charge in [0.15, 0.2) is 0 Å². The topological polar surface area (TPSA) is 102 Å². The molecule has 0 aliphatic carbocycles. The zero-order chi connectivity index (χ0) is 44.8. The lowest BCUT2D eigenvalue weighted by Gasteiger charge is -1.98. The summed E-state index contributed by atoms with van der Waals surface area (Å²) in [5.74, 6) is 0. The van der Waals surface area contributed by atoms with E-state index in [0.717, 1.165) is 0 Å². The monoisotopic (exact) mass is 841 g/mol. The minimum Gasteiger partial charge on any atom is -0.320 e. The van der Waals surface area contributed by atoms with Gasteiger partial charge in [0, 0.05) is 0 Å². The van der Waals surface area contributed by atoms with Gasteiger partial charge in [-0.05, 0) is 40.0 Å². The summed E-state index contributed by atoms with van der Waals surface area (Å²) in [6.07, 6.45) is 50.7. The highest BCUT2D eigenvalue weighted by atomic mass is 31.2. The largest absolute Gasteiger partial charge is 0.466 e. The highest BCUT2D eigenvalue weighted by Crippen LogP contribution is 2.25. The van der Waals surface area contributed by atoms with Gasteiger partial charge in [-0.3, -0.25) is 0 Å². The molecule has 0 heterocycles. The van der Waals surface area contributed by atoms with Crippen molar-refractivity contribution in [2.75, 3.05) is 27.2 Å². The van der Waals surface area contributed by atoms with Crippen LogP contribution in [0.25, 0.3) is 0 Å². The van der Waals surface area contributed by atoms with Gasteiger partial charge in [0.25, 0.3) is 0 Å². The summed E-state index contributed by atoms with van der Waals surface area (Å²) in [6, 6.07) is 0. The van der Waals surface area contributed by atoms with Gasteiger partial charge in [0.1, 0.15) is 0 Å². The molecule has 0 fully saturated rings. The first kappa shape index (κ1) is 71.5. The molecule has 0 bridgehead atoms. The van der Waals surface area contributed by atoms with Crippen molar-refractivity contribution >= 4 is 7.82 Å². The Kier molecular flexibility index (Phi) is 100. The Morgan fingerprint density at radius 1 is 0.263 bits per heavy atom. The highest BCUT2D eigenvalue weighted by Gasteiger charge is 2.00. The summed E-state index contributed by atoms with van der Waals surface area (Å²) < 4.78 is 8.88. The first-order chi connectivity index (χ1) is 27.5. The lowest BCUT2D eigenvalue weighted by molar-refractivity contribution is 0.275. The Labute approximate surface area is 364 Å². The lowest BCUT2D eigenvalue weighted by Crippen LogP contribution is -2.06. The maximum absolute atomic E-state index is 8.88. The van der Waals surface area contributed by atoms with Crippen molar-refractivity contribution in [3.63, 3.8) is 0 Å². The van der Waals surface area contributed by atoms with Gasteiger partial charge in [-0.15, -0.1) is 0 Å². The van der Waals surface area contributed by atoms with E-state index in [1.165, 1.54) is 244 Å². The van der Waals surface area contributed by atoms with Gasteiger partial charge in [-0.25, -0.2) is 4.57 Å². The van der Waals surface area contributed by atoms with Crippen LogP contribution in [0.5, 0.6) is 0 Å². The summed E-state index contributed by atoms with van der Waals surface area (Å²) in [5.41, 5.74) is 0. The minimum absolute atomic E-state index is 1.19. The van der Waals surface area contributed by atoms with Crippen LogP contribution in [0.3, 0.4) is 0 Å². The Morgan fingerprint density at radius 2 is 0.368 bits per heavy atom. The van der Waals surface area contributed by atoms with Crippen molar-refractivity contribution < 1.29 is 19.2 Å². The third-order valence-electron chi connectivity index (χ3n) is 9.39. The molecule has 0 aromatic heterocycles. The van der Waals surface area contributed by atoms with Crippen LogP contribution in [-0.2, 0) is 4.57 Å². The fourth-order valence-electron chi connectivity index (χ4n) is 5.58. The average Bonchev–Trinajstić information content (AvgIpc) is 3.19. The number of rotatable bonds is 34. The van der Waals surface area contributed by atoms with Crippen molar-refractivity contribution in [2.45, 2.75) is 300 Å². The molecular weight excluding hydrogens is 724 g/mol. The molecule has 0 aromatic carbocycles. The van der Waals surface area contributed by atoms with Crippen LogP contribution in [0.4, 0.5) is 0 Å². The standard InChI is InChI=1S/2C9H21N.4C8H18.H3O4P/c2*1-3-4-5-6-7-8-9-10-2;4*1-3-5-7-8-6-4-2;1-5(2,3)4/h2*10H,3-9H2,1-2H3;4*3-8H2,1-2H3;(H3,1,2,3,4). The SMILES string of the molecule is CCCCCCCC.CCCCCCCC.CCCCCCCC.CCCCCCCC.CCCCCCCCNC.CCCCCCCCNC.O=P(O)(O)O. The minimum atomic E-state index is -4.64. The number of hydrogen-bond acceptors (Lipinski definition) is 3. The smallest absolute Gasteiger partial charge is 0.320 e. The van der Waals surface area contributed by atoms with Gasteiger partial charge in [0.2, 0.25) is 0 Å². The number of unbranched alkanes of at least 4 members (excludes halogenated alkanes) is 30. The zero-order valence-corrected chi connectivity index (χ0v) is 43.0. The molecule has 0 radical (unpaired) electrons. The molecule has 0 spiro atoms. The molecule has 356 valence electrons. The molecule has 0 aromatic rings. The summed E-state index contributed by atoms with van der Waals surface area (Å²) in [4.78, 5) is 21.6. The van der Waals surface area contributed by atoms with E-state index in [4.69, 9.17) is 19.2 Å². The number of hydrogen-bond donors (Lipinski definition) is 5. The maximum Gasteiger partial charge on any atom is 0.466 e. The molecule has 0 aliphatic heterocycles. The molecular formula is C50H117N2O4P. The van der Waals surface area contributed by atoms with E-state index in [-0.39, 0.29) is 0 Å². The normalized spacial score (nSPS) is 10.1. The van der Waals surface area contributed by atoms with Crippen LogP contribution in [0.1, 0.15) is 300 Å². The molecule has 0 aliphatic rings. The Balaban J connectivity index is -0.000000103. The fourth-order valence-corrected chi connectivity index (χ4v) is 5.58. The number of phosphoric acid groups is 1. The van der Waals surface area contributed by atoms with Crippen molar-refractivity contribution in [1.82, 2.24) is 10.6 Å². The third-order valence-corrected chi connectivity index (χ3v) is 9.39. The van der Waals surface area contributed by atoms with Crippen LogP contribution in [0.15, 0.2) is 0 Å². The highest BCUT2D eigenvalue weighted by molar-refractivity contribution is 7.45. The molecule has 5 N–H and O–H groups in total. The van der Waals surface area contributed by atoms with Crippen LogP contribution < -0.4 is 10.6 Å². The average molecular weight is 841 g/mol. The second-order valence-corrected chi connectivity index (χ2v) is 16.9. The van der Waals surface area contributed by atoms with Crippen LogP contribution in [0, 0.1) is 0 Å². The Bertz CT molecular complexity index is 480. The molecule has 0 atom stereocenters. The van der Waals surface area contributed by atoms with Gasteiger partial charge in [0.05, 0.1) is 0 Å². The molecule has 0 amide bonds. The molecule has 0 saturated carbocycles. The van der Waals surface area contributed by atoms with Crippen molar-refractivity contribution in [3.8, 4) is 0 Å². The molecule has 7 heteroatoms. The summed E-state index contributed by atoms with van der Waals surface area (Å²) in [7, 11) is -0.599. The maximum atomic E-state index is 8.88. The molecule has 0 unspecified atom stereocenters. The van der Waals surface area contributed by atoms with E-state index in [0.29, 0.717) is 0 Å². The van der Waals surface area contributed by atoms with Crippen molar-refractivity contribution in [3.05, 3.63) is 0 Å². The van der Waals surface area contributed by atoms with E-state index in [1.807, 2.05) is 14.1 Å². The van der Waals surface area contributed by atoms with Crippen LogP contribution in [0.2, 0.25) is 0 Å². The van der Waals surface area contributed by atoms with Crippen LogP contribution >= 0.6 is 7.82 Å². The summed E-state index contributed by atoms with van der Waals surface area (Å²) in [5, 5.41) is 6.32. The van der Waals surface area contributed by atoms with Gasteiger partial charge < -0.3 is 25.3 Å².